The third kappa shape index (κ3) is 2.12. The van der Waals surface area contributed by atoms with Crippen molar-refractivity contribution < 1.29 is 0 Å². The van der Waals surface area contributed by atoms with Crippen LogP contribution in [0.1, 0.15) is 17.4 Å². The predicted molar refractivity (Wildman–Crippen MR) is 74.5 cm³/mol. The zero-order chi connectivity index (χ0) is 12.4. The molecule has 1 aromatic carbocycles. The molecule has 0 spiro atoms. The number of benzene rings is 1. The number of nitrogens with zero attached hydrogens (tertiary/aromatic N) is 2. The molecule has 90 valence electrons. The first-order valence-electron chi connectivity index (χ1n) is 5.82. The van der Waals surface area contributed by atoms with Gasteiger partial charge in [0, 0.05) is 17.1 Å². The molecular formula is C14H13N3S. The van der Waals surface area contributed by atoms with Gasteiger partial charge in [-0.15, -0.1) is 11.3 Å². The lowest BCUT2D eigenvalue weighted by atomic mass is 10.1. The van der Waals surface area contributed by atoms with Crippen molar-refractivity contribution in [2.45, 2.75) is 12.5 Å². The highest BCUT2D eigenvalue weighted by atomic mass is 32.1. The average molecular weight is 255 g/mol. The van der Waals surface area contributed by atoms with Crippen molar-refractivity contribution in [1.29, 1.82) is 0 Å². The first-order chi connectivity index (χ1) is 8.84. The lowest BCUT2D eigenvalue weighted by Crippen LogP contribution is -2.16. The van der Waals surface area contributed by atoms with E-state index >= 15 is 0 Å². The van der Waals surface area contributed by atoms with Gasteiger partial charge in [-0.05, 0) is 34.9 Å². The van der Waals surface area contributed by atoms with Crippen molar-refractivity contribution in [2.75, 3.05) is 0 Å². The van der Waals surface area contributed by atoms with Crippen LogP contribution in [-0.2, 0) is 6.42 Å². The molecule has 18 heavy (non-hydrogen) atoms. The Balaban J connectivity index is 1.89. The van der Waals surface area contributed by atoms with Gasteiger partial charge in [-0.1, -0.05) is 18.2 Å². The smallest absolute Gasteiger partial charge is 0.145 e. The molecule has 0 saturated carbocycles. The Kier molecular flexibility index (Phi) is 3.04. The molecule has 0 fully saturated rings. The lowest BCUT2D eigenvalue weighted by molar-refractivity contribution is 0.670. The van der Waals surface area contributed by atoms with Crippen molar-refractivity contribution in [3.05, 3.63) is 59.5 Å². The van der Waals surface area contributed by atoms with Crippen LogP contribution in [0.2, 0.25) is 0 Å². The van der Waals surface area contributed by atoms with E-state index in [1.165, 1.54) is 15.6 Å². The Hall–Kier alpha value is -1.78. The Morgan fingerprint density at radius 1 is 1.11 bits per heavy atom. The Labute approximate surface area is 109 Å². The third-order valence-electron chi connectivity index (χ3n) is 2.92. The summed E-state index contributed by atoms with van der Waals surface area (Å²) in [5, 5.41) is 3.46. The van der Waals surface area contributed by atoms with Crippen LogP contribution in [0.15, 0.2) is 48.1 Å². The largest absolute Gasteiger partial charge is 0.321 e. The molecule has 0 aliphatic carbocycles. The van der Waals surface area contributed by atoms with E-state index < -0.39 is 0 Å². The van der Waals surface area contributed by atoms with E-state index in [9.17, 15) is 0 Å². The summed E-state index contributed by atoms with van der Waals surface area (Å²) in [6.45, 7) is 0. The predicted octanol–water partition coefficient (Wildman–Crippen LogP) is 2.93. The summed E-state index contributed by atoms with van der Waals surface area (Å²) in [5.74, 6) is 0.702. The van der Waals surface area contributed by atoms with Crippen molar-refractivity contribution in [1.82, 2.24) is 9.97 Å². The summed E-state index contributed by atoms with van der Waals surface area (Å²) in [6.07, 6.45) is 4.23. The summed E-state index contributed by atoms with van der Waals surface area (Å²) in [5.41, 5.74) is 7.43. The van der Waals surface area contributed by atoms with Gasteiger partial charge in [0.2, 0.25) is 0 Å². The van der Waals surface area contributed by atoms with Crippen LogP contribution < -0.4 is 5.73 Å². The first kappa shape index (κ1) is 11.3. The Bertz CT molecular complexity index is 648. The van der Waals surface area contributed by atoms with Crippen LogP contribution in [0.25, 0.3) is 10.1 Å². The van der Waals surface area contributed by atoms with E-state index in [-0.39, 0.29) is 6.04 Å². The summed E-state index contributed by atoms with van der Waals surface area (Å²) in [7, 11) is 0. The molecule has 0 saturated heterocycles. The quantitative estimate of drug-likeness (QED) is 0.783. The van der Waals surface area contributed by atoms with Gasteiger partial charge in [0.25, 0.3) is 0 Å². The van der Waals surface area contributed by atoms with Crippen LogP contribution in [0.4, 0.5) is 0 Å². The third-order valence-corrected chi connectivity index (χ3v) is 3.93. The topological polar surface area (TPSA) is 51.8 Å². The van der Waals surface area contributed by atoms with Crippen molar-refractivity contribution in [3.8, 4) is 0 Å². The molecule has 1 unspecified atom stereocenters. The van der Waals surface area contributed by atoms with Gasteiger partial charge in [0.1, 0.15) is 5.82 Å². The lowest BCUT2D eigenvalue weighted by Gasteiger charge is -2.08. The second kappa shape index (κ2) is 4.84. The molecule has 2 N–H and O–H groups in total. The standard InChI is InChI=1S/C14H13N3S/c15-12(14-16-6-3-7-17-14)8-10-9-18-13-5-2-1-4-11(10)13/h1-7,9,12H,8,15H2. The molecule has 0 bridgehead atoms. The highest BCUT2D eigenvalue weighted by molar-refractivity contribution is 7.17. The Morgan fingerprint density at radius 2 is 1.89 bits per heavy atom. The normalized spacial score (nSPS) is 12.7. The number of thiophene rings is 1. The minimum absolute atomic E-state index is 0.149. The minimum atomic E-state index is -0.149. The molecule has 3 aromatic rings. The maximum atomic E-state index is 6.16. The highest BCUT2D eigenvalue weighted by Crippen LogP contribution is 2.28. The Morgan fingerprint density at radius 3 is 2.72 bits per heavy atom. The van der Waals surface area contributed by atoms with Gasteiger partial charge < -0.3 is 5.73 Å². The molecule has 0 aliphatic rings. The number of hydrogen-bond acceptors (Lipinski definition) is 4. The number of hydrogen-bond donors (Lipinski definition) is 1. The van der Waals surface area contributed by atoms with E-state index in [4.69, 9.17) is 5.73 Å². The zero-order valence-corrected chi connectivity index (χ0v) is 10.6. The molecule has 2 aromatic heterocycles. The minimum Gasteiger partial charge on any atom is -0.321 e. The fourth-order valence-corrected chi connectivity index (χ4v) is 3.00. The first-order valence-corrected chi connectivity index (χ1v) is 6.70. The zero-order valence-electron chi connectivity index (χ0n) is 9.78. The maximum absolute atomic E-state index is 6.16. The van der Waals surface area contributed by atoms with Gasteiger partial charge in [0.15, 0.2) is 0 Å². The molecule has 3 rings (SSSR count). The molecule has 3 nitrogen and oxygen atoms in total. The molecule has 2 heterocycles. The van der Waals surface area contributed by atoms with Crippen LogP contribution in [0.3, 0.4) is 0 Å². The fraction of sp³-hybridized carbons (Fsp3) is 0.143. The van der Waals surface area contributed by atoms with E-state index in [1.807, 2.05) is 0 Å². The number of fused-ring (bicyclic) bond motifs is 1. The van der Waals surface area contributed by atoms with Crippen molar-refractivity contribution in [3.63, 3.8) is 0 Å². The van der Waals surface area contributed by atoms with Gasteiger partial charge in [-0.3, -0.25) is 0 Å². The van der Waals surface area contributed by atoms with Crippen LogP contribution in [0, 0.1) is 0 Å². The van der Waals surface area contributed by atoms with Crippen molar-refractivity contribution >= 4 is 21.4 Å². The molecular weight excluding hydrogens is 242 g/mol. The summed E-state index contributed by atoms with van der Waals surface area (Å²) in [6, 6.07) is 10.0. The second-order valence-electron chi connectivity index (χ2n) is 4.17. The molecule has 1 atom stereocenters. The monoisotopic (exact) mass is 255 g/mol. The molecule has 0 aliphatic heterocycles. The number of rotatable bonds is 3. The van der Waals surface area contributed by atoms with Gasteiger partial charge in [0.05, 0.1) is 6.04 Å². The highest BCUT2D eigenvalue weighted by Gasteiger charge is 2.12. The van der Waals surface area contributed by atoms with Crippen molar-refractivity contribution in [2.24, 2.45) is 5.73 Å². The fourth-order valence-electron chi connectivity index (χ4n) is 2.02. The van der Waals surface area contributed by atoms with E-state index in [0.29, 0.717) is 5.82 Å². The van der Waals surface area contributed by atoms with E-state index in [2.05, 4.69) is 39.6 Å². The van der Waals surface area contributed by atoms with Crippen LogP contribution in [-0.4, -0.2) is 9.97 Å². The SMILES string of the molecule is NC(Cc1csc2ccccc12)c1ncccn1. The van der Waals surface area contributed by atoms with E-state index in [0.717, 1.165) is 6.42 Å². The number of aromatic nitrogens is 2. The molecule has 0 amide bonds. The van der Waals surface area contributed by atoms with Gasteiger partial charge in [-0.25, -0.2) is 9.97 Å². The van der Waals surface area contributed by atoms with Gasteiger partial charge in [-0.2, -0.15) is 0 Å². The number of nitrogens with two attached hydrogens (primary N) is 1. The van der Waals surface area contributed by atoms with Crippen LogP contribution >= 0.6 is 11.3 Å². The molecule has 0 radical (unpaired) electrons. The second-order valence-corrected chi connectivity index (χ2v) is 5.09. The summed E-state index contributed by atoms with van der Waals surface area (Å²) in [4.78, 5) is 8.41. The maximum Gasteiger partial charge on any atom is 0.145 e. The average Bonchev–Trinajstić information content (AvgIpc) is 2.83. The summed E-state index contributed by atoms with van der Waals surface area (Å²) >= 11 is 1.75. The summed E-state index contributed by atoms with van der Waals surface area (Å²) < 4.78 is 1.30. The van der Waals surface area contributed by atoms with Gasteiger partial charge >= 0.3 is 0 Å². The van der Waals surface area contributed by atoms with E-state index in [1.54, 1.807) is 29.8 Å². The van der Waals surface area contributed by atoms with Crippen LogP contribution in [0.5, 0.6) is 0 Å². The molecule has 4 heteroatoms.